The Morgan fingerprint density at radius 3 is 2.12 bits per heavy atom. The summed E-state index contributed by atoms with van der Waals surface area (Å²) in [6.07, 6.45) is -4.41. The first-order valence-electron chi connectivity index (χ1n) is 7.88. The standard InChI is InChI=1S/C13H23F3N4O3S.2ClH/c14-13(15,16)11(20-3-1-17-2-4-20)9-18-12(21)10-19-5-7-24(22,23)8-6-19;;/h11,17H,1-10H2,(H,18,21);2*1H. The number of carbonyl (C=O) groups is 1. The number of piperazine rings is 1. The molecule has 1 amide bonds. The molecule has 0 aromatic rings. The molecule has 2 N–H and O–H groups in total. The molecule has 0 aromatic carbocycles. The van der Waals surface area contributed by atoms with E-state index in [9.17, 15) is 26.4 Å². The molecule has 2 aliphatic rings. The quantitative estimate of drug-likeness (QED) is 0.595. The van der Waals surface area contributed by atoms with Crippen LogP contribution in [0.3, 0.4) is 0 Å². The minimum Gasteiger partial charge on any atom is -0.353 e. The highest BCUT2D eigenvalue weighted by Crippen LogP contribution is 2.24. The van der Waals surface area contributed by atoms with Crippen LogP contribution in [0.5, 0.6) is 0 Å². The van der Waals surface area contributed by atoms with Crippen LogP contribution in [-0.4, -0.2) is 100 Å². The average molecular weight is 445 g/mol. The lowest BCUT2D eigenvalue weighted by Gasteiger charge is -2.36. The van der Waals surface area contributed by atoms with Crippen LogP contribution in [0.25, 0.3) is 0 Å². The Hall–Kier alpha value is -0.330. The lowest BCUT2D eigenvalue weighted by molar-refractivity contribution is -0.184. The van der Waals surface area contributed by atoms with Crippen molar-refractivity contribution in [3.05, 3.63) is 0 Å². The van der Waals surface area contributed by atoms with Gasteiger partial charge < -0.3 is 10.6 Å². The molecule has 0 spiro atoms. The molecule has 2 fully saturated rings. The van der Waals surface area contributed by atoms with E-state index in [-0.39, 0.29) is 69.0 Å². The zero-order valence-electron chi connectivity index (χ0n) is 14.1. The molecule has 0 bridgehead atoms. The second kappa shape index (κ2) is 10.9. The van der Waals surface area contributed by atoms with Crippen LogP contribution in [0.4, 0.5) is 13.2 Å². The number of sulfone groups is 1. The van der Waals surface area contributed by atoms with Crippen LogP contribution in [-0.2, 0) is 14.6 Å². The molecule has 2 rings (SSSR count). The van der Waals surface area contributed by atoms with Gasteiger partial charge in [-0.3, -0.25) is 14.6 Å². The summed E-state index contributed by atoms with van der Waals surface area (Å²) < 4.78 is 62.3. The number of nitrogens with one attached hydrogen (secondary N) is 2. The molecule has 1 atom stereocenters. The Morgan fingerprint density at radius 2 is 1.62 bits per heavy atom. The maximum atomic E-state index is 13.2. The van der Waals surface area contributed by atoms with E-state index in [1.54, 1.807) is 4.90 Å². The molecule has 2 heterocycles. The molecular weight excluding hydrogens is 420 g/mol. The van der Waals surface area contributed by atoms with Gasteiger partial charge in [0.2, 0.25) is 5.91 Å². The number of hydrogen-bond donors (Lipinski definition) is 2. The highest BCUT2D eigenvalue weighted by molar-refractivity contribution is 7.91. The van der Waals surface area contributed by atoms with E-state index >= 15 is 0 Å². The van der Waals surface area contributed by atoms with Crippen molar-refractivity contribution >= 4 is 40.6 Å². The van der Waals surface area contributed by atoms with Gasteiger partial charge in [0, 0.05) is 45.8 Å². The number of alkyl halides is 3. The van der Waals surface area contributed by atoms with Crippen LogP contribution in [0.2, 0.25) is 0 Å². The summed E-state index contributed by atoms with van der Waals surface area (Å²) in [6, 6.07) is -1.70. The Labute approximate surface area is 163 Å². The third-order valence-corrected chi connectivity index (χ3v) is 5.88. The van der Waals surface area contributed by atoms with E-state index in [1.807, 2.05) is 0 Å². The molecule has 2 aliphatic heterocycles. The van der Waals surface area contributed by atoms with Crippen molar-refractivity contribution in [3.8, 4) is 0 Å². The molecule has 0 aliphatic carbocycles. The van der Waals surface area contributed by atoms with E-state index in [4.69, 9.17) is 0 Å². The first kappa shape index (κ1) is 25.7. The number of carbonyl (C=O) groups excluding carboxylic acids is 1. The van der Waals surface area contributed by atoms with Gasteiger partial charge in [0.25, 0.3) is 0 Å². The van der Waals surface area contributed by atoms with E-state index in [0.29, 0.717) is 13.1 Å². The molecule has 0 radical (unpaired) electrons. The van der Waals surface area contributed by atoms with Crippen LogP contribution in [0.1, 0.15) is 0 Å². The fourth-order valence-corrected chi connectivity index (χ4v) is 4.10. The third kappa shape index (κ3) is 8.13. The second-order valence-corrected chi connectivity index (χ2v) is 8.38. The number of hydrogen-bond acceptors (Lipinski definition) is 6. The van der Waals surface area contributed by atoms with Gasteiger partial charge in [-0.05, 0) is 0 Å². The highest BCUT2D eigenvalue weighted by atomic mass is 35.5. The van der Waals surface area contributed by atoms with E-state index in [2.05, 4.69) is 10.6 Å². The van der Waals surface area contributed by atoms with Gasteiger partial charge in [0.15, 0.2) is 9.84 Å². The van der Waals surface area contributed by atoms with Crippen molar-refractivity contribution in [2.75, 3.05) is 63.9 Å². The Bertz CT molecular complexity index is 531. The molecule has 2 saturated heterocycles. The summed E-state index contributed by atoms with van der Waals surface area (Å²) in [5, 5.41) is 5.34. The zero-order valence-corrected chi connectivity index (χ0v) is 16.6. The van der Waals surface area contributed by atoms with Crippen LogP contribution >= 0.6 is 24.8 Å². The van der Waals surface area contributed by atoms with Crippen molar-refractivity contribution in [1.29, 1.82) is 0 Å². The molecule has 13 heteroatoms. The zero-order chi connectivity index (χ0) is 17.8. The van der Waals surface area contributed by atoms with Crippen molar-refractivity contribution in [2.24, 2.45) is 0 Å². The Balaban J connectivity index is 0.00000312. The topological polar surface area (TPSA) is 81.8 Å². The number of halogens is 5. The van der Waals surface area contributed by atoms with Gasteiger partial charge in [-0.15, -0.1) is 24.8 Å². The summed E-state index contributed by atoms with van der Waals surface area (Å²) in [7, 11) is -3.05. The number of nitrogens with zero attached hydrogens (tertiary/aromatic N) is 2. The summed E-state index contributed by atoms with van der Waals surface area (Å²) in [5.74, 6) is -0.558. The molecule has 0 aromatic heterocycles. The van der Waals surface area contributed by atoms with Crippen LogP contribution in [0, 0.1) is 0 Å². The number of amides is 1. The van der Waals surface area contributed by atoms with Crippen LogP contribution < -0.4 is 10.6 Å². The first-order chi connectivity index (χ1) is 11.2. The van der Waals surface area contributed by atoms with E-state index in [1.165, 1.54) is 4.90 Å². The second-order valence-electron chi connectivity index (χ2n) is 6.08. The average Bonchev–Trinajstić information content (AvgIpc) is 2.49. The lowest BCUT2D eigenvalue weighted by Crippen LogP contribution is -2.58. The van der Waals surface area contributed by atoms with Gasteiger partial charge in [-0.1, -0.05) is 0 Å². The number of rotatable bonds is 5. The SMILES string of the molecule is Cl.Cl.O=C(CN1CCS(=O)(=O)CC1)NCC(N1CCNCC1)C(F)(F)F. The fraction of sp³-hybridized carbons (Fsp3) is 0.923. The minimum atomic E-state index is -4.41. The van der Waals surface area contributed by atoms with Gasteiger partial charge in [-0.2, -0.15) is 13.2 Å². The Morgan fingerprint density at radius 1 is 1.08 bits per heavy atom. The molecule has 1 unspecified atom stereocenters. The van der Waals surface area contributed by atoms with Gasteiger partial charge in [0.1, 0.15) is 6.04 Å². The van der Waals surface area contributed by atoms with Gasteiger partial charge in [-0.25, -0.2) is 8.42 Å². The maximum Gasteiger partial charge on any atom is 0.405 e. The summed E-state index contributed by atoms with van der Waals surface area (Å²) in [4.78, 5) is 14.9. The third-order valence-electron chi connectivity index (χ3n) is 4.27. The van der Waals surface area contributed by atoms with E-state index < -0.39 is 34.5 Å². The maximum absolute atomic E-state index is 13.2. The normalized spacial score (nSPS) is 22.6. The van der Waals surface area contributed by atoms with Crippen molar-refractivity contribution in [2.45, 2.75) is 12.2 Å². The fourth-order valence-electron chi connectivity index (χ4n) is 2.82. The minimum absolute atomic E-state index is 0. The highest BCUT2D eigenvalue weighted by Gasteiger charge is 2.43. The van der Waals surface area contributed by atoms with Crippen LogP contribution in [0.15, 0.2) is 0 Å². The monoisotopic (exact) mass is 444 g/mol. The lowest BCUT2D eigenvalue weighted by atomic mass is 10.2. The molecule has 156 valence electrons. The van der Waals surface area contributed by atoms with Crippen molar-refractivity contribution in [1.82, 2.24) is 20.4 Å². The molecule has 0 saturated carbocycles. The molecule has 7 nitrogen and oxygen atoms in total. The summed E-state index contributed by atoms with van der Waals surface area (Å²) >= 11 is 0. The molecule has 26 heavy (non-hydrogen) atoms. The Kier molecular flexibility index (Phi) is 10.7. The smallest absolute Gasteiger partial charge is 0.353 e. The largest absolute Gasteiger partial charge is 0.405 e. The van der Waals surface area contributed by atoms with Gasteiger partial charge in [0.05, 0.1) is 18.1 Å². The van der Waals surface area contributed by atoms with Crippen molar-refractivity contribution < 1.29 is 26.4 Å². The summed E-state index contributed by atoms with van der Waals surface area (Å²) in [6.45, 7) is 1.43. The predicted octanol–water partition coefficient (Wildman–Crippen LogP) is -0.487. The first-order valence-corrected chi connectivity index (χ1v) is 9.70. The summed E-state index contributed by atoms with van der Waals surface area (Å²) in [5.41, 5.74) is 0. The van der Waals surface area contributed by atoms with Gasteiger partial charge >= 0.3 is 6.18 Å². The molecular formula is C13H25Cl2F3N4O3S. The van der Waals surface area contributed by atoms with E-state index in [0.717, 1.165) is 0 Å². The predicted molar refractivity (Wildman–Crippen MR) is 96.9 cm³/mol. The van der Waals surface area contributed by atoms with Crippen molar-refractivity contribution in [3.63, 3.8) is 0 Å².